The first-order valence-corrected chi connectivity index (χ1v) is 8.42. The van der Waals surface area contributed by atoms with Crippen LogP contribution in [0.5, 0.6) is 0 Å². The number of benzene rings is 1. The molecule has 2 rings (SSSR count). The predicted molar refractivity (Wildman–Crippen MR) is 86.3 cm³/mol. The Bertz CT molecular complexity index is 608. The maximum atomic E-state index is 11.0. The number of rotatable bonds is 6. The number of thiophene rings is 1. The molecule has 5 heteroatoms. The highest BCUT2D eigenvalue weighted by Gasteiger charge is 2.04. The smallest absolute Gasteiger partial charge is 0.249 e. The summed E-state index contributed by atoms with van der Waals surface area (Å²) in [6.07, 6.45) is 2.09. The van der Waals surface area contributed by atoms with Crippen molar-refractivity contribution in [3.05, 3.63) is 51.2 Å². The Kier molecular flexibility index (Phi) is 5.23. The quantitative estimate of drug-likeness (QED) is 0.806. The number of aryl methyl sites for hydroxylation is 1. The molecule has 20 heavy (non-hydrogen) atoms. The number of thioether (sulfide) groups is 1. The maximum absolute atomic E-state index is 11.0. The molecule has 0 aliphatic heterocycles. The lowest BCUT2D eigenvalue weighted by molar-refractivity contribution is 0.100. The summed E-state index contributed by atoms with van der Waals surface area (Å²) in [6, 6.07) is 8.37. The molecular weight excluding hydrogens is 288 g/mol. The van der Waals surface area contributed by atoms with Crippen LogP contribution in [0.1, 0.15) is 26.4 Å². The summed E-state index contributed by atoms with van der Waals surface area (Å²) in [5.41, 5.74) is 8.41. The average Bonchev–Trinajstić information content (AvgIpc) is 2.88. The van der Waals surface area contributed by atoms with Crippen molar-refractivity contribution in [2.75, 3.05) is 6.26 Å². The largest absolute Gasteiger partial charge is 0.366 e. The topological polar surface area (TPSA) is 55.1 Å². The molecule has 106 valence electrons. The molecule has 0 aliphatic rings. The Morgan fingerprint density at radius 2 is 2.15 bits per heavy atom. The molecule has 0 atom stereocenters. The molecule has 0 unspecified atom stereocenters. The molecule has 2 aromatic rings. The highest BCUT2D eigenvalue weighted by atomic mass is 32.2. The van der Waals surface area contributed by atoms with E-state index in [4.69, 9.17) is 5.73 Å². The number of amides is 1. The Balaban J connectivity index is 1.89. The fraction of sp³-hybridized carbons (Fsp3) is 0.267. The van der Waals surface area contributed by atoms with E-state index < -0.39 is 0 Å². The lowest BCUT2D eigenvalue weighted by atomic mass is 10.1. The van der Waals surface area contributed by atoms with Gasteiger partial charge in [0.05, 0.1) is 5.56 Å². The third kappa shape index (κ3) is 3.85. The molecule has 0 aliphatic carbocycles. The molecule has 1 aromatic carbocycles. The van der Waals surface area contributed by atoms with E-state index in [9.17, 15) is 4.79 Å². The highest BCUT2D eigenvalue weighted by Crippen LogP contribution is 2.20. The Morgan fingerprint density at radius 1 is 1.35 bits per heavy atom. The van der Waals surface area contributed by atoms with Crippen LogP contribution in [0.3, 0.4) is 0 Å². The van der Waals surface area contributed by atoms with Crippen LogP contribution in [0, 0.1) is 6.92 Å². The van der Waals surface area contributed by atoms with Crippen LogP contribution >= 0.6 is 23.1 Å². The minimum Gasteiger partial charge on any atom is -0.366 e. The Hall–Kier alpha value is -1.30. The second-order valence-electron chi connectivity index (χ2n) is 4.57. The van der Waals surface area contributed by atoms with Gasteiger partial charge in [0.15, 0.2) is 0 Å². The number of hydrogen-bond donors (Lipinski definition) is 2. The summed E-state index contributed by atoms with van der Waals surface area (Å²) in [7, 11) is 0. The molecule has 1 heterocycles. The lowest BCUT2D eigenvalue weighted by Gasteiger charge is -2.07. The summed E-state index contributed by atoms with van der Waals surface area (Å²) >= 11 is 3.32. The average molecular weight is 306 g/mol. The zero-order chi connectivity index (χ0) is 14.5. The van der Waals surface area contributed by atoms with Crippen molar-refractivity contribution in [1.82, 2.24) is 5.32 Å². The van der Waals surface area contributed by atoms with Gasteiger partial charge in [-0.25, -0.2) is 0 Å². The van der Waals surface area contributed by atoms with Gasteiger partial charge in [-0.2, -0.15) is 0 Å². The van der Waals surface area contributed by atoms with E-state index in [2.05, 4.69) is 36.7 Å². The lowest BCUT2D eigenvalue weighted by Crippen LogP contribution is -2.12. The zero-order valence-electron chi connectivity index (χ0n) is 11.6. The van der Waals surface area contributed by atoms with E-state index in [1.165, 1.54) is 16.0 Å². The van der Waals surface area contributed by atoms with Crippen LogP contribution in [0.4, 0.5) is 0 Å². The van der Waals surface area contributed by atoms with E-state index in [0.717, 1.165) is 18.0 Å². The number of primary amides is 1. The minimum atomic E-state index is -0.365. The van der Waals surface area contributed by atoms with E-state index in [1.54, 1.807) is 28.5 Å². The van der Waals surface area contributed by atoms with Gasteiger partial charge in [0, 0.05) is 28.2 Å². The molecular formula is C15H18N2OS2. The van der Waals surface area contributed by atoms with Crippen LogP contribution in [0.2, 0.25) is 0 Å². The number of nitrogens with two attached hydrogens (primary N) is 1. The highest BCUT2D eigenvalue weighted by molar-refractivity contribution is 7.98. The molecule has 0 bridgehead atoms. The molecule has 0 spiro atoms. The Morgan fingerprint density at radius 3 is 2.75 bits per heavy atom. The number of hydrogen-bond acceptors (Lipinski definition) is 4. The summed E-state index contributed by atoms with van der Waals surface area (Å²) in [5, 5.41) is 5.19. The summed E-state index contributed by atoms with van der Waals surface area (Å²) in [6.45, 7) is 3.70. The number of nitrogens with one attached hydrogen (secondary N) is 1. The fourth-order valence-corrected chi connectivity index (χ4v) is 3.41. The molecule has 3 nitrogen and oxygen atoms in total. The van der Waals surface area contributed by atoms with Crippen molar-refractivity contribution >= 4 is 29.0 Å². The first kappa shape index (κ1) is 15.1. The van der Waals surface area contributed by atoms with Crippen LogP contribution in [0.25, 0.3) is 0 Å². The van der Waals surface area contributed by atoms with E-state index in [-0.39, 0.29) is 5.91 Å². The van der Waals surface area contributed by atoms with Gasteiger partial charge in [-0.1, -0.05) is 12.1 Å². The van der Waals surface area contributed by atoms with Gasteiger partial charge in [-0.3, -0.25) is 4.79 Å². The van der Waals surface area contributed by atoms with Gasteiger partial charge < -0.3 is 11.1 Å². The third-order valence-electron chi connectivity index (χ3n) is 3.03. The second kappa shape index (κ2) is 6.92. The van der Waals surface area contributed by atoms with Crippen LogP contribution in [0.15, 0.2) is 34.5 Å². The van der Waals surface area contributed by atoms with Gasteiger partial charge in [-0.15, -0.1) is 23.1 Å². The number of carbonyl (C=O) groups is 1. The molecule has 0 radical (unpaired) electrons. The van der Waals surface area contributed by atoms with Crippen LogP contribution in [-0.2, 0) is 13.1 Å². The van der Waals surface area contributed by atoms with Crippen molar-refractivity contribution in [1.29, 1.82) is 0 Å². The van der Waals surface area contributed by atoms with Gasteiger partial charge >= 0.3 is 0 Å². The summed E-state index contributed by atoms with van der Waals surface area (Å²) < 4.78 is 0. The van der Waals surface area contributed by atoms with Crippen LogP contribution in [-0.4, -0.2) is 12.2 Å². The molecule has 1 aromatic heterocycles. The summed E-state index contributed by atoms with van der Waals surface area (Å²) in [4.78, 5) is 13.5. The van der Waals surface area contributed by atoms with Crippen molar-refractivity contribution in [2.45, 2.75) is 24.9 Å². The van der Waals surface area contributed by atoms with Crippen molar-refractivity contribution < 1.29 is 4.79 Å². The van der Waals surface area contributed by atoms with E-state index in [0.29, 0.717) is 5.56 Å². The second-order valence-corrected chi connectivity index (χ2v) is 6.42. The normalized spacial score (nSPS) is 10.7. The van der Waals surface area contributed by atoms with E-state index in [1.807, 2.05) is 6.07 Å². The standard InChI is InChI=1S/C15H18N2OS2/c1-10-5-11(3-4-14(10)19-2)7-17-8-13-6-12(9-20-13)15(16)18/h3-6,9,17H,7-8H2,1-2H3,(H2,16,18). The SMILES string of the molecule is CSc1ccc(CNCc2cc(C(N)=O)cs2)cc1C. The monoisotopic (exact) mass is 306 g/mol. The van der Waals surface area contributed by atoms with Gasteiger partial charge in [0.2, 0.25) is 5.91 Å². The molecule has 0 saturated carbocycles. The van der Waals surface area contributed by atoms with Gasteiger partial charge in [0.25, 0.3) is 0 Å². The fourth-order valence-electron chi connectivity index (χ4n) is 1.98. The number of carbonyl (C=O) groups excluding carboxylic acids is 1. The Labute approximate surface area is 127 Å². The molecule has 3 N–H and O–H groups in total. The zero-order valence-corrected chi connectivity index (χ0v) is 13.2. The van der Waals surface area contributed by atoms with Gasteiger partial charge in [-0.05, 0) is 36.4 Å². The van der Waals surface area contributed by atoms with Crippen molar-refractivity contribution in [3.63, 3.8) is 0 Å². The van der Waals surface area contributed by atoms with Crippen LogP contribution < -0.4 is 11.1 Å². The maximum Gasteiger partial charge on any atom is 0.249 e. The third-order valence-corrected chi connectivity index (χ3v) is 4.86. The minimum absolute atomic E-state index is 0.365. The molecule has 0 saturated heterocycles. The first-order chi connectivity index (χ1) is 9.60. The van der Waals surface area contributed by atoms with Gasteiger partial charge in [0.1, 0.15) is 0 Å². The molecule has 0 fully saturated rings. The van der Waals surface area contributed by atoms with Crippen molar-refractivity contribution in [2.24, 2.45) is 5.73 Å². The predicted octanol–water partition coefficient (Wildman–Crippen LogP) is 3.17. The van der Waals surface area contributed by atoms with E-state index >= 15 is 0 Å². The van der Waals surface area contributed by atoms with Crippen molar-refractivity contribution in [3.8, 4) is 0 Å². The molecule has 1 amide bonds. The summed E-state index contributed by atoms with van der Waals surface area (Å²) in [5.74, 6) is -0.365. The first-order valence-electron chi connectivity index (χ1n) is 6.31.